The number of amides is 1. The van der Waals surface area contributed by atoms with Gasteiger partial charge in [-0.15, -0.1) is 0 Å². The predicted octanol–water partition coefficient (Wildman–Crippen LogP) is 2.91. The molecule has 2 rings (SSSR count). The van der Waals surface area contributed by atoms with Gasteiger partial charge in [-0.05, 0) is 39.7 Å². The second-order valence-electron chi connectivity index (χ2n) is 4.16. The third-order valence-electron chi connectivity index (χ3n) is 2.67. The number of carbonyl (C=O) groups is 1. The van der Waals surface area contributed by atoms with E-state index in [1.165, 1.54) is 0 Å². The Kier molecular flexibility index (Phi) is 4.87. The topological polar surface area (TPSA) is 64.3 Å². The van der Waals surface area contributed by atoms with Crippen molar-refractivity contribution in [3.05, 3.63) is 63.6 Å². The van der Waals surface area contributed by atoms with Gasteiger partial charge in [0.05, 0.1) is 4.47 Å². The SMILES string of the molecule is NNC(=O)c1cccc(COc2c(F)cc(F)cc2Br)c1. The standard InChI is InChI=1S/C14H11BrF2N2O2/c15-11-5-10(16)6-12(17)13(11)21-7-8-2-1-3-9(4-8)14(20)19-18/h1-6H,7,18H2,(H,19,20). The Morgan fingerprint density at radius 1 is 1.29 bits per heavy atom. The van der Waals surface area contributed by atoms with Crippen LogP contribution in [0.1, 0.15) is 15.9 Å². The van der Waals surface area contributed by atoms with Gasteiger partial charge < -0.3 is 4.74 Å². The van der Waals surface area contributed by atoms with Crippen molar-refractivity contribution in [2.45, 2.75) is 6.61 Å². The lowest BCUT2D eigenvalue weighted by molar-refractivity contribution is 0.0953. The maximum absolute atomic E-state index is 13.6. The highest BCUT2D eigenvalue weighted by molar-refractivity contribution is 9.10. The average Bonchev–Trinajstić information content (AvgIpc) is 2.45. The number of benzene rings is 2. The van der Waals surface area contributed by atoms with E-state index >= 15 is 0 Å². The molecule has 0 aromatic heterocycles. The fraction of sp³-hybridized carbons (Fsp3) is 0.0714. The van der Waals surface area contributed by atoms with Gasteiger partial charge >= 0.3 is 0 Å². The number of hydrogen-bond donors (Lipinski definition) is 2. The second-order valence-corrected chi connectivity index (χ2v) is 5.02. The van der Waals surface area contributed by atoms with E-state index in [9.17, 15) is 13.6 Å². The Labute approximate surface area is 128 Å². The second kappa shape index (κ2) is 6.64. The highest BCUT2D eigenvalue weighted by atomic mass is 79.9. The molecule has 1 amide bonds. The third kappa shape index (κ3) is 3.77. The molecule has 2 aromatic carbocycles. The van der Waals surface area contributed by atoms with Crippen LogP contribution in [0.3, 0.4) is 0 Å². The number of carbonyl (C=O) groups excluding carboxylic acids is 1. The lowest BCUT2D eigenvalue weighted by Crippen LogP contribution is -2.30. The van der Waals surface area contributed by atoms with Crippen molar-refractivity contribution in [1.29, 1.82) is 0 Å². The molecule has 0 radical (unpaired) electrons. The zero-order chi connectivity index (χ0) is 15.4. The third-order valence-corrected chi connectivity index (χ3v) is 3.26. The molecular formula is C14H11BrF2N2O2. The molecule has 0 aliphatic carbocycles. The molecule has 0 aliphatic rings. The van der Waals surface area contributed by atoms with Crippen LogP contribution in [-0.2, 0) is 6.61 Å². The van der Waals surface area contributed by atoms with Crippen LogP contribution in [0.25, 0.3) is 0 Å². The largest absolute Gasteiger partial charge is 0.485 e. The quantitative estimate of drug-likeness (QED) is 0.503. The average molecular weight is 357 g/mol. The lowest BCUT2D eigenvalue weighted by atomic mass is 10.1. The summed E-state index contributed by atoms with van der Waals surface area (Å²) < 4.78 is 32.1. The van der Waals surface area contributed by atoms with Crippen molar-refractivity contribution in [3.8, 4) is 5.75 Å². The number of nitrogens with two attached hydrogens (primary N) is 1. The van der Waals surface area contributed by atoms with Crippen molar-refractivity contribution in [2.75, 3.05) is 0 Å². The van der Waals surface area contributed by atoms with Gasteiger partial charge in [0.15, 0.2) is 11.6 Å². The van der Waals surface area contributed by atoms with Gasteiger partial charge in [-0.2, -0.15) is 0 Å². The van der Waals surface area contributed by atoms with E-state index in [-0.39, 0.29) is 16.8 Å². The summed E-state index contributed by atoms with van der Waals surface area (Å²) in [5.41, 5.74) is 3.02. The maximum atomic E-state index is 13.6. The molecule has 0 unspecified atom stereocenters. The maximum Gasteiger partial charge on any atom is 0.265 e. The van der Waals surface area contributed by atoms with Crippen LogP contribution < -0.4 is 16.0 Å². The van der Waals surface area contributed by atoms with Crippen LogP contribution in [-0.4, -0.2) is 5.91 Å². The molecule has 21 heavy (non-hydrogen) atoms. The van der Waals surface area contributed by atoms with E-state index in [1.807, 2.05) is 5.43 Å². The van der Waals surface area contributed by atoms with Crippen LogP contribution in [0.4, 0.5) is 8.78 Å². The Morgan fingerprint density at radius 3 is 2.71 bits per heavy atom. The van der Waals surface area contributed by atoms with E-state index in [0.717, 1.165) is 12.1 Å². The van der Waals surface area contributed by atoms with Gasteiger partial charge in [0.2, 0.25) is 0 Å². The minimum atomic E-state index is -0.808. The van der Waals surface area contributed by atoms with E-state index in [1.54, 1.807) is 24.3 Å². The number of halogens is 3. The van der Waals surface area contributed by atoms with Crippen molar-refractivity contribution >= 4 is 21.8 Å². The summed E-state index contributed by atoms with van der Waals surface area (Å²) in [6.07, 6.45) is 0. The number of hydrogen-bond acceptors (Lipinski definition) is 3. The number of hydrazine groups is 1. The van der Waals surface area contributed by atoms with Gasteiger partial charge in [0.25, 0.3) is 5.91 Å². The Morgan fingerprint density at radius 2 is 2.05 bits per heavy atom. The van der Waals surface area contributed by atoms with E-state index in [2.05, 4.69) is 15.9 Å². The van der Waals surface area contributed by atoms with Gasteiger partial charge in [-0.3, -0.25) is 10.2 Å². The summed E-state index contributed by atoms with van der Waals surface area (Å²) >= 11 is 3.03. The minimum absolute atomic E-state index is 0.0207. The van der Waals surface area contributed by atoms with Crippen molar-refractivity contribution in [2.24, 2.45) is 5.84 Å². The first kappa shape index (κ1) is 15.4. The lowest BCUT2D eigenvalue weighted by Gasteiger charge is -2.10. The highest BCUT2D eigenvalue weighted by Crippen LogP contribution is 2.29. The number of ether oxygens (including phenoxy) is 1. The fourth-order valence-corrected chi connectivity index (χ4v) is 2.23. The Balaban J connectivity index is 2.15. The van der Waals surface area contributed by atoms with Crippen molar-refractivity contribution < 1.29 is 18.3 Å². The molecule has 0 saturated heterocycles. The predicted molar refractivity (Wildman–Crippen MR) is 76.5 cm³/mol. The van der Waals surface area contributed by atoms with Crippen LogP contribution in [0, 0.1) is 11.6 Å². The van der Waals surface area contributed by atoms with Gasteiger partial charge in [0.1, 0.15) is 12.4 Å². The molecule has 2 aromatic rings. The smallest absolute Gasteiger partial charge is 0.265 e. The molecule has 0 bridgehead atoms. The zero-order valence-corrected chi connectivity index (χ0v) is 12.3. The normalized spacial score (nSPS) is 10.3. The first-order chi connectivity index (χ1) is 10.0. The van der Waals surface area contributed by atoms with Crippen LogP contribution in [0.5, 0.6) is 5.75 Å². The van der Waals surface area contributed by atoms with Crippen molar-refractivity contribution in [3.63, 3.8) is 0 Å². The minimum Gasteiger partial charge on any atom is -0.485 e. The summed E-state index contributed by atoms with van der Waals surface area (Å²) in [5.74, 6) is 3.01. The molecule has 0 atom stereocenters. The number of nitrogens with one attached hydrogen (secondary N) is 1. The Bertz CT molecular complexity index is 657. The van der Waals surface area contributed by atoms with Crippen LogP contribution >= 0.6 is 15.9 Å². The van der Waals surface area contributed by atoms with Gasteiger partial charge in [-0.25, -0.2) is 14.6 Å². The molecule has 110 valence electrons. The molecule has 0 heterocycles. The summed E-state index contributed by atoms with van der Waals surface area (Å²) in [6.45, 7) is 0.0207. The zero-order valence-electron chi connectivity index (χ0n) is 10.7. The summed E-state index contributed by atoms with van der Waals surface area (Å²) in [6, 6.07) is 8.36. The number of rotatable bonds is 4. The van der Waals surface area contributed by atoms with Gasteiger partial charge in [-0.1, -0.05) is 12.1 Å². The fourth-order valence-electron chi connectivity index (χ4n) is 1.71. The first-order valence-electron chi connectivity index (χ1n) is 5.88. The monoisotopic (exact) mass is 356 g/mol. The molecule has 0 saturated carbocycles. The molecule has 4 nitrogen and oxygen atoms in total. The highest BCUT2D eigenvalue weighted by Gasteiger charge is 2.11. The van der Waals surface area contributed by atoms with E-state index < -0.39 is 17.5 Å². The Hall–Kier alpha value is -1.99. The molecule has 0 spiro atoms. The van der Waals surface area contributed by atoms with Crippen LogP contribution in [0.15, 0.2) is 40.9 Å². The first-order valence-corrected chi connectivity index (χ1v) is 6.68. The molecule has 7 heteroatoms. The van der Waals surface area contributed by atoms with Crippen molar-refractivity contribution in [1.82, 2.24) is 5.43 Å². The molecule has 3 N–H and O–H groups in total. The van der Waals surface area contributed by atoms with E-state index in [0.29, 0.717) is 11.1 Å². The molecule has 0 aliphatic heterocycles. The summed E-state index contributed by atoms with van der Waals surface area (Å²) in [5, 5.41) is 0. The van der Waals surface area contributed by atoms with Gasteiger partial charge in [0, 0.05) is 11.6 Å². The summed E-state index contributed by atoms with van der Waals surface area (Å²) in [4.78, 5) is 11.4. The summed E-state index contributed by atoms with van der Waals surface area (Å²) in [7, 11) is 0. The number of nitrogen functional groups attached to an aromatic ring is 1. The molecule has 0 fully saturated rings. The van der Waals surface area contributed by atoms with E-state index in [4.69, 9.17) is 10.6 Å². The molecular weight excluding hydrogens is 346 g/mol. The van der Waals surface area contributed by atoms with Crippen LogP contribution in [0.2, 0.25) is 0 Å².